The highest BCUT2D eigenvalue weighted by atomic mass is 35.5. The third-order valence-electron chi connectivity index (χ3n) is 2.85. The summed E-state index contributed by atoms with van der Waals surface area (Å²) in [4.78, 5) is 27.1. The Labute approximate surface area is 140 Å². The normalized spacial score (nSPS) is 12.0. The van der Waals surface area contributed by atoms with Crippen LogP contribution in [0.25, 0.3) is 0 Å². The zero-order valence-electron chi connectivity index (χ0n) is 11.5. The van der Waals surface area contributed by atoms with E-state index in [1.165, 1.54) is 11.3 Å². The summed E-state index contributed by atoms with van der Waals surface area (Å²) < 4.78 is 0. The smallest absolute Gasteiger partial charge is 0.309 e. The number of hydrogen-bond acceptors (Lipinski definition) is 4. The van der Waals surface area contributed by atoms with Gasteiger partial charge in [0.15, 0.2) is 0 Å². The number of hydrogen-bond donors (Lipinski definition) is 2. The lowest BCUT2D eigenvalue weighted by molar-refractivity contribution is -0.136. The number of thiazole rings is 1. The molecule has 22 heavy (non-hydrogen) atoms. The van der Waals surface area contributed by atoms with Gasteiger partial charge < -0.3 is 10.4 Å². The number of aromatic nitrogens is 1. The fourth-order valence-electron chi connectivity index (χ4n) is 1.70. The molecule has 2 N–H and O–H groups in total. The summed E-state index contributed by atoms with van der Waals surface area (Å²) in [7, 11) is 0. The Bertz CT molecular complexity index is 718. The van der Waals surface area contributed by atoms with E-state index in [0.717, 1.165) is 0 Å². The van der Waals surface area contributed by atoms with E-state index >= 15 is 0 Å². The summed E-state index contributed by atoms with van der Waals surface area (Å²) in [5.74, 6) is -1.78. The van der Waals surface area contributed by atoms with Crippen molar-refractivity contribution in [3.8, 4) is 0 Å². The van der Waals surface area contributed by atoms with Crippen LogP contribution in [0.4, 0.5) is 5.69 Å². The molecule has 0 spiro atoms. The topological polar surface area (TPSA) is 79.3 Å². The van der Waals surface area contributed by atoms with Crippen molar-refractivity contribution < 1.29 is 14.7 Å². The number of nitrogens with zero attached hydrogens (tertiary/aromatic N) is 1. The maximum absolute atomic E-state index is 12.2. The Hall–Kier alpha value is -1.63. The second-order valence-corrected chi connectivity index (χ2v) is 6.32. The molecule has 0 aliphatic rings. The van der Waals surface area contributed by atoms with Crippen molar-refractivity contribution in [3.63, 3.8) is 0 Å². The molecule has 0 aliphatic carbocycles. The minimum absolute atomic E-state index is 0.162. The average molecular weight is 359 g/mol. The number of amides is 1. The van der Waals surface area contributed by atoms with Gasteiger partial charge in [0, 0.05) is 10.4 Å². The monoisotopic (exact) mass is 358 g/mol. The molecular weight excluding hydrogens is 347 g/mol. The number of carbonyl (C=O) groups is 2. The first kappa shape index (κ1) is 16.7. The fraction of sp³-hybridized carbons (Fsp3) is 0.214. The minimum atomic E-state index is -0.959. The van der Waals surface area contributed by atoms with Crippen molar-refractivity contribution in [1.29, 1.82) is 0 Å². The zero-order chi connectivity index (χ0) is 16.3. The van der Waals surface area contributed by atoms with Crippen molar-refractivity contribution in [1.82, 2.24) is 4.98 Å². The van der Waals surface area contributed by atoms with Crippen LogP contribution in [0.3, 0.4) is 0 Å². The van der Waals surface area contributed by atoms with Crippen LogP contribution in [0.1, 0.15) is 23.5 Å². The standard InChI is InChI=1S/C14H12Cl2N2O3S/c1-7(14-17-9(6-22-14)5-12(19)20)13(21)18-11-4-8(15)2-3-10(11)16/h2-4,6-7H,5H2,1H3,(H,18,21)(H,19,20)/t7-/m0/s1. The molecule has 8 heteroatoms. The first-order valence-electron chi connectivity index (χ1n) is 6.29. The number of carboxylic acids is 1. The van der Waals surface area contributed by atoms with Gasteiger partial charge in [-0.3, -0.25) is 9.59 Å². The quantitative estimate of drug-likeness (QED) is 0.851. The third kappa shape index (κ3) is 4.19. The lowest BCUT2D eigenvalue weighted by Gasteiger charge is -2.11. The summed E-state index contributed by atoms with van der Waals surface area (Å²) in [5.41, 5.74) is 0.862. The molecule has 1 amide bonds. The molecule has 0 fully saturated rings. The Morgan fingerprint density at radius 2 is 2.14 bits per heavy atom. The highest BCUT2D eigenvalue weighted by Crippen LogP contribution is 2.28. The Kier molecular flexibility index (Phi) is 5.39. The van der Waals surface area contributed by atoms with Gasteiger partial charge in [0.2, 0.25) is 5.91 Å². The predicted molar refractivity (Wildman–Crippen MR) is 87.0 cm³/mol. The SMILES string of the molecule is C[C@@H](C(=O)Nc1cc(Cl)ccc1Cl)c1nc(CC(=O)O)cs1. The van der Waals surface area contributed by atoms with Gasteiger partial charge in [-0.2, -0.15) is 0 Å². The molecule has 0 saturated carbocycles. The third-order valence-corrected chi connectivity index (χ3v) is 4.49. The van der Waals surface area contributed by atoms with Crippen LogP contribution in [-0.4, -0.2) is 22.0 Å². The molecule has 1 atom stereocenters. The highest BCUT2D eigenvalue weighted by molar-refractivity contribution is 7.09. The highest BCUT2D eigenvalue weighted by Gasteiger charge is 2.20. The number of benzene rings is 1. The van der Waals surface area contributed by atoms with Crippen LogP contribution in [0.5, 0.6) is 0 Å². The van der Waals surface area contributed by atoms with E-state index in [9.17, 15) is 9.59 Å². The Morgan fingerprint density at radius 3 is 2.82 bits per heavy atom. The van der Waals surface area contributed by atoms with Gasteiger partial charge in [0.05, 0.1) is 28.7 Å². The molecule has 0 radical (unpaired) electrons. The second-order valence-electron chi connectivity index (χ2n) is 4.58. The fourth-order valence-corrected chi connectivity index (χ4v) is 2.91. The molecule has 2 aromatic rings. The van der Waals surface area contributed by atoms with E-state index in [2.05, 4.69) is 10.3 Å². The molecular formula is C14H12Cl2N2O3S. The van der Waals surface area contributed by atoms with Crippen molar-refractivity contribution in [3.05, 3.63) is 44.3 Å². The van der Waals surface area contributed by atoms with E-state index in [1.807, 2.05) is 0 Å². The number of aliphatic carboxylic acids is 1. The molecule has 5 nitrogen and oxygen atoms in total. The summed E-state index contributed by atoms with van der Waals surface area (Å²) >= 11 is 13.1. The molecule has 0 bridgehead atoms. The van der Waals surface area contributed by atoms with Crippen LogP contribution >= 0.6 is 34.5 Å². The van der Waals surface area contributed by atoms with Gasteiger partial charge in [-0.15, -0.1) is 11.3 Å². The number of carboxylic acid groups (broad SMARTS) is 1. The Balaban J connectivity index is 2.10. The number of halogens is 2. The molecule has 0 unspecified atom stereocenters. The molecule has 1 heterocycles. The first-order chi connectivity index (χ1) is 10.4. The van der Waals surface area contributed by atoms with E-state index in [4.69, 9.17) is 28.3 Å². The number of rotatable bonds is 5. The van der Waals surface area contributed by atoms with E-state index in [1.54, 1.807) is 30.5 Å². The van der Waals surface area contributed by atoms with Gasteiger partial charge in [-0.25, -0.2) is 4.98 Å². The molecule has 116 valence electrons. The lowest BCUT2D eigenvalue weighted by Crippen LogP contribution is -2.19. The summed E-state index contributed by atoms with van der Waals surface area (Å²) in [5, 5.41) is 14.5. The minimum Gasteiger partial charge on any atom is -0.481 e. The maximum atomic E-state index is 12.2. The van der Waals surface area contributed by atoms with Crippen LogP contribution in [0.15, 0.2) is 23.6 Å². The Morgan fingerprint density at radius 1 is 1.41 bits per heavy atom. The van der Waals surface area contributed by atoms with E-state index < -0.39 is 11.9 Å². The van der Waals surface area contributed by atoms with E-state index in [-0.39, 0.29) is 12.3 Å². The second kappa shape index (κ2) is 7.09. The first-order valence-corrected chi connectivity index (χ1v) is 7.92. The summed E-state index contributed by atoms with van der Waals surface area (Å²) in [6, 6.07) is 4.78. The van der Waals surface area contributed by atoms with Crippen LogP contribution in [0, 0.1) is 0 Å². The van der Waals surface area contributed by atoms with Crippen molar-refractivity contribution in [2.24, 2.45) is 0 Å². The van der Waals surface area contributed by atoms with E-state index in [0.29, 0.717) is 26.4 Å². The van der Waals surface area contributed by atoms with Gasteiger partial charge in [-0.1, -0.05) is 23.2 Å². The lowest BCUT2D eigenvalue weighted by atomic mass is 10.1. The number of anilines is 1. The zero-order valence-corrected chi connectivity index (χ0v) is 13.8. The molecule has 1 aromatic carbocycles. The van der Waals surface area contributed by atoms with Crippen LogP contribution < -0.4 is 5.32 Å². The summed E-state index contributed by atoms with van der Waals surface area (Å²) in [6.45, 7) is 1.69. The maximum Gasteiger partial charge on any atom is 0.309 e. The molecule has 0 saturated heterocycles. The van der Waals surface area contributed by atoms with Crippen LogP contribution in [0.2, 0.25) is 10.0 Å². The van der Waals surface area contributed by atoms with Crippen LogP contribution in [-0.2, 0) is 16.0 Å². The molecule has 1 aromatic heterocycles. The van der Waals surface area contributed by atoms with Gasteiger partial charge in [-0.05, 0) is 25.1 Å². The summed E-state index contributed by atoms with van der Waals surface area (Å²) in [6.07, 6.45) is -0.162. The van der Waals surface area contributed by atoms with Gasteiger partial charge >= 0.3 is 5.97 Å². The number of nitrogens with one attached hydrogen (secondary N) is 1. The van der Waals surface area contributed by atoms with Crippen molar-refractivity contribution >= 4 is 52.1 Å². The molecule has 0 aliphatic heterocycles. The van der Waals surface area contributed by atoms with Gasteiger partial charge in [0.1, 0.15) is 5.01 Å². The number of carbonyl (C=O) groups excluding carboxylic acids is 1. The predicted octanol–water partition coefficient (Wildman–Crippen LogP) is 3.82. The van der Waals surface area contributed by atoms with Gasteiger partial charge in [0.25, 0.3) is 0 Å². The largest absolute Gasteiger partial charge is 0.481 e. The molecule has 2 rings (SSSR count). The van der Waals surface area contributed by atoms with Crippen molar-refractivity contribution in [2.45, 2.75) is 19.3 Å². The average Bonchev–Trinajstić information content (AvgIpc) is 2.89. The van der Waals surface area contributed by atoms with Crippen molar-refractivity contribution in [2.75, 3.05) is 5.32 Å².